The fraction of sp³-hybridized carbons (Fsp3) is 0.0625. The molecule has 0 spiro atoms. The summed E-state index contributed by atoms with van der Waals surface area (Å²) in [4.78, 5) is 29.2. The third-order valence-electron chi connectivity index (χ3n) is 3.48. The summed E-state index contributed by atoms with van der Waals surface area (Å²) in [6, 6.07) is 5.43. The zero-order valence-electron chi connectivity index (χ0n) is 12.4. The number of hydrogen-bond donors (Lipinski definition) is 0. The first kappa shape index (κ1) is 16.2. The Hall–Kier alpha value is -2.29. The number of esters is 1. The van der Waals surface area contributed by atoms with Gasteiger partial charge in [-0.25, -0.2) is 14.2 Å². The number of thiazole rings is 1. The number of fused-ring (bicyclic) bond motifs is 2. The van der Waals surface area contributed by atoms with Gasteiger partial charge in [0.2, 0.25) is 0 Å². The van der Waals surface area contributed by atoms with Gasteiger partial charge in [0.1, 0.15) is 17.3 Å². The minimum atomic E-state index is -0.639. The zero-order chi connectivity index (χ0) is 17.6. The Labute approximate surface area is 152 Å². The van der Waals surface area contributed by atoms with Crippen molar-refractivity contribution in [1.82, 2.24) is 9.38 Å². The van der Waals surface area contributed by atoms with Crippen LogP contribution in [0.4, 0.5) is 4.39 Å². The van der Waals surface area contributed by atoms with Crippen LogP contribution in [-0.2, 0) is 11.3 Å². The van der Waals surface area contributed by atoms with Crippen LogP contribution in [0, 0.1) is 5.82 Å². The topological polar surface area (TPSA) is 60.7 Å². The van der Waals surface area contributed by atoms with Gasteiger partial charge in [0.25, 0.3) is 5.56 Å². The molecule has 0 radical (unpaired) electrons. The molecule has 25 heavy (non-hydrogen) atoms. The van der Waals surface area contributed by atoms with Crippen LogP contribution in [0.3, 0.4) is 0 Å². The van der Waals surface area contributed by atoms with E-state index in [1.807, 2.05) is 0 Å². The zero-order valence-corrected chi connectivity index (χ0v) is 14.8. The molecule has 5 nitrogen and oxygen atoms in total. The van der Waals surface area contributed by atoms with Gasteiger partial charge in [-0.3, -0.25) is 9.20 Å². The first-order chi connectivity index (χ1) is 12.0. The van der Waals surface area contributed by atoms with Crippen LogP contribution in [0.15, 0.2) is 40.6 Å². The Morgan fingerprint density at radius 2 is 2.20 bits per heavy atom. The molecule has 126 valence electrons. The number of carbonyl (C=O) groups excluding carboxylic acids is 1. The smallest absolute Gasteiger partial charge is 0.350 e. The normalized spacial score (nSPS) is 11.3. The molecule has 0 saturated carbocycles. The van der Waals surface area contributed by atoms with Gasteiger partial charge in [0, 0.05) is 27.7 Å². The summed E-state index contributed by atoms with van der Waals surface area (Å²) in [5.74, 6) is -1.04. The van der Waals surface area contributed by atoms with Crippen molar-refractivity contribution in [2.75, 3.05) is 0 Å². The van der Waals surface area contributed by atoms with E-state index in [0.29, 0.717) is 20.7 Å². The summed E-state index contributed by atoms with van der Waals surface area (Å²) in [7, 11) is 0. The number of hydrogen-bond acceptors (Lipinski definition) is 6. The highest BCUT2D eigenvalue weighted by Gasteiger charge is 2.19. The molecular weight excluding hydrogens is 387 g/mol. The Morgan fingerprint density at radius 3 is 3.04 bits per heavy atom. The van der Waals surface area contributed by atoms with E-state index in [-0.39, 0.29) is 22.1 Å². The van der Waals surface area contributed by atoms with Crippen LogP contribution in [0.5, 0.6) is 0 Å². The van der Waals surface area contributed by atoms with E-state index in [2.05, 4.69) is 4.98 Å². The monoisotopic (exact) mass is 394 g/mol. The van der Waals surface area contributed by atoms with Gasteiger partial charge in [0.05, 0.1) is 10.7 Å². The lowest BCUT2D eigenvalue weighted by atomic mass is 10.2. The van der Waals surface area contributed by atoms with Gasteiger partial charge in [0.15, 0.2) is 4.96 Å². The van der Waals surface area contributed by atoms with E-state index in [9.17, 15) is 14.0 Å². The Kier molecular flexibility index (Phi) is 4.03. The SMILES string of the molecule is O=C(OCc1cc(=O)n2ccsc2n1)c1sc2cc(F)ccc2c1Cl. The van der Waals surface area contributed by atoms with Crippen molar-refractivity contribution in [3.8, 4) is 0 Å². The summed E-state index contributed by atoms with van der Waals surface area (Å²) in [5, 5.41) is 2.57. The summed E-state index contributed by atoms with van der Waals surface area (Å²) < 4.78 is 20.5. The Morgan fingerprint density at radius 1 is 1.36 bits per heavy atom. The van der Waals surface area contributed by atoms with E-state index in [4.69, 9.17) is 16.3 Å². The number of carbonyl (C=O) groups is 1. The second-order valence-corrected chi connectivity index (χ2v) is 7.41. The lowest BCUT2D eigenvalue weighted by Crippen LogP contribution is -2.14. The number of halogens is 2. The van der Waals surface area contributed by atoms with Gasteiger partial charge in [-0.05, 0) is 18.2 Å². The molecular formula is C16H8ClFN2O3S2. The average molecular weight is 395 g/mol. The summed E-state index contributed by atoms with van der Waals surface area (Å²) in [5.41, 5.74) is 0.108. The van der Waals surface area contributed by atoms with Crippen molar-refractivity contribution in [1.29, 1.82) is 0 Å². The molecule has 0 aliphatic rings. The molecule has 3 aromatic heterocycles. The maximum atomic E-state index is 13.3. The average Bonchev–Trinajstić information content (AvgIpc) is 3.17. The van der Waals surface area contributed by atoms with Gasteiger partial charge in [-0.2, -0.15) is 0 Å². The lowest BCUT2D eigenvalue weighted by molar-refractivity contribution is 0.0474. The standard InChI is InChI=1S/C16H8ClFN2O3S2/c17-13-10-2-1-8(18)5-11(10)25-14(13)15(22)23-7-9-6-12(21)20-3-4-24-16(20)19-9/h1-6H,7H2. The van der Waals surface area contributed by atoms with E-state index < -0.39 is 11.8 Å². The highest BCUT2D eigenvalue weighted by atomic mass is 35.5. The predicted molar refractivity (Wildman–Crippen MR) is 95.3 cm³/mol. The quantitative estimate of drug-likeness (QED) is 0.490. The molecule has 0 atom stereocenters. The second kappa shape index (κ2) is 6.21. The first-order valence-corrected chi connectivity index (χ1v) is 9.11. The largest absolute Gasteiger partial charge is 0.455 e. The van der Waals surface area contributed by atoms with E-state index in [1.54, 1.807) is 11.6 Å². The van der Waals surface area contributed by atoms with Crippen molar-refractivity contribution in [2.45, 2.75) is 6.61 Å². The van der Waals surface area contributed by atoms with Crippen LogP contribution in [0.2, 0.25) is 5.02 Å². The van der Waals surface area contributed by atoms with Crippen molar-refractivity contribution in [3.63, 3.8) is 0 Å². The van der Waals surface area contributed by atoms with E-state index in [0.717, 1.165) is 11.3 Å². The number of rotatable bonds is 3. The van der Waals surface area contributed by atoms with Crippen LogP contribution >= 0.6 is 34.3 Å². The van der Waals surface area contributed by atoms with Gasteiger partial charge in [-0.1, -0.05) is 11.6 Å². The molecule has 0 aliphatic carbocycles. The number of thiophene rings is 1. The molecule has 3 heterocycles. The maximum absolute atomic E-state index is 13.3. The molecule has 0 saturated heterocycles. The van der Waals surface area contributed by atoms with Crippen LogP contribution in [0.1, 0.15) is 15.4 Å². The molecule has 0 fully saturated rings. The molecule has 9 heteroatoms. The molecule has 1 aromatic carbocycles. The molecule has 0 bridgehead atoms. The number of nitrogens with zero attached hydrogens (tertiary/aromatic N) is 2. The summed E-state index contributed by atoms with van der Waals surface area (Å²) in [6.45, 7) is -0.151. The van der Waals surface area contributed by atoms with E-state index >= 15 is 0 Å². The van der Waals surface area contributed by atoms with Crippen molar-refractivity contribution in [2.24, 2.45) is 0 Å². The molecule has 0 aliphatic heterocycles. The summed E-state index contributed by atoms with van der Waals surface area (Å²) in [6.07, 6.45) is 1.63. The number of benzene rings is 1. The van der Waals surface area contributed by atoms with Crippen molar-refractivity contribution < 1.29 is 13.9 Å². The van der Waals surface area contributed by atoms with E-state index in [1.165, 1.54) is 40.0 Å². The van der Waals surface area contributed by atoms with Gasteiger partial charge in [-0.15, -0.1) is 22.7 Å². The molecule has 0 amide bonds. The third kappa shape index (κ3) is 2.92. The number of ether oxygens (including phenoxy) is 1. The first-order valence-electron chi connectivity index (χ1n) is 7.03. The molecule has 0 N–H and O–H groups in total. The second-order valence-electron chi connectivity index (χ2n) is 5.10. The predicted octanol–water partition coefficient (Wildman–Crippen LogP) is 4.12. The summed E-state index contributed by atoms with van der Waals surface area (Å²) >= 11 is 8.56. The van der Waals surface area contributed by atoms with Crippen LogP contribution in [0.25, 0.3) is 15.0 Å². The van der Waals surface area contributed by atoms with Crippen molar-refractivity contribution >= 4 is 55.3 Å². The maximum Gasteiger partial charge on any atom is 0.350 e. The Balaban J connectivity index is 1.59. The molecule has 4 rings (SSSR count). The number of aromatic nitrogens is 2. The van der Waals surface area contributed by atoms with Gasteiger partial charge < -0.3 is 4.74 Å². The fourth-order valence-electron chi connectivity index (χ4n) is 2.34. The minimum absolute atomic E-state index is 0.151. The van der Waals surface area contributed by atoms with Crippen molar-refractivity contribution in [3.05, 3.63) is 67.6 Å². The third-order valence-corrected chi connectivity index (χ3v) is 5.88. The van der Waals surface area contributed by atoms with Gasteiger partial charge >= 0.3 is 5.97 Å². The fourth-order valence-corrected chi connectivity index (χ4v) is 4.50. The highest BCUT2D eigenvalue weighted by Crippen LogP contribution is 2.36. The lowest BCUT2D eigenvalue weighted by Gasteiger charge is -2.03. The van der Waals surface area contributed by atoms with Crippen LogP contribution < -0.4 is 5.56 Å². The Bertz CT molecular complexity index is 1180. The molecule has 0 unspecified atom stereocenters. The minimum Gasteiger partial charge on any atom is -0.455 e. The molecule has 4 aromatic rings. The highest BCUT2D eigenvalue weighted by molar-refractivity contribution is 7.21. The van der Waals surface area contributed by atoms with Crippen LogP contribution in [-0.4, -0.2) is 15.4 Å².